The lowest BCUT2D eigenvalue weighted by Gasteiger charge is -2.09. The Kier molecular flexibility index (Phi) is 6.56. The van der Waals surface area contributed by atoms with Gasteiger partial charge in [0.05, 0.1) is 14.9 Å². The number of aliphatic hydroxyl groups is 1. The van der Waals surface area contributed by atoms with Crippen LogP contribution in [0.1, 0.15) is 19.8 Å². The largest absolute Gasteiger partial charge is 0.396 e. The van der Waals surface area contributed by atoms with Crippen molar-refractivity contribution in [2.45, 2.75) is 24.7 Å². The first-order valence-corrected chi connectivity index (χ1v) is 8.16. The molecule has 0 fully saturated rings. The van der Waals surface area contributed by atoms with Crippen LogP contribution >= 0.6 is 23.2 Å². The molecule has 1 rings (SSSR count). The lowest BCUT2D eigenvalue weighted by molar-refractivity contribution is 0.228. The summed E-state index contributed by atoms with van der Waals surface area (Å²) < 4.78 is 26.4. The molecular weight excluding hydrogens is 309 g/mol. The molecule has 1 aromatic carbocycles. The normalized spacial score (nSPS) is 13.5. The van der Waals surface area contributed by atoms with Crippen LogP contribution in [0.2, 0.25) is 10.0 Å². The highest BCUT2D eigenvalue weighted by Gasteiger charge is 2.14. The van der Waals surface area contributed by atoms with Crippen LogP contribution < -0.4 is 4.72 Å². The van der Waals surface area contributed by atoms with Gasteiger partial charge in [-0.15, -0.1) is 0 Å². The third kappa shape index (κ3) is 5.28. The predicted molar refractivity (Wildman–Crippen MR) is 77.1 cm³/mol. The van der Waals surface area contributed by atoms with Crippen molar-refractivity contribution in [1.82, 2.24) is 4.72 Å². The molecule has 0 saturated heterocycles. The number of aliphatic hydroxyl groups excluding tert-OH is 1. The highest BCUT2D eigenvalue weighted by Crippen LogP contribution is 2.24. The zero-order valence-electron chi connectivity index (χ0n) is 10.6. The van der Waals surface area contributed by atoms with Crippen molar-refractivity contribution in [2.75, 3.05) is 13.2 Å². The third-order valence-corrected chi connectivity index (χ3v) is 4.88. The maximum absolute atomic E-state index is 11.9. The summed E-state index contributed by atoms with van der Waals surface area (Å²) in [6, 6.07) is 4.18. The van der Waals surface area contributed by atoms with Gasteiger partial charge in [0.15, 0.2) is 0 Å². The summed E-state index contributed by atoms with van der Waals surface area (Å²) in [5, 5.41) is 9.39. The monoisotopic (exact) mass is 325 g/mol. The Morgan fingerprint density at radius 2 is 2.00 bits per heavy atom. The zero-order valence-corrected chi connectivity index (χ0v) is 12.9. The molecule has 19 heavy (non-hydrogen) atoms. The van der Waals surface area contributed by atoms with Gasteiger partial charge in [-0.3, -0.25) is 0 Å². The van der Waals surface area contributed by atoms with E-state index < -0.39 is 10.0 Å². The van der Waals surface area contributed by atoms with Crippen molar-refractivity contribution in [3.63, 3.8) is 0 Å². The van der Waals surface area contributed by atoms with E-state index >= 15 is 0 Å². The van der Waals surface area contributed by atoms with Crippen molar-refractivity contribution in [3.8, 4) is 0 Å². The Balaban J connectivity index is 2.58. The summed E-state index contributed by atoms with van der Waals surface area (Å²) in [5.41, 5.74) is 0. The van der Waals surface area contributed by atoms with Crippen LogP contribution in [-0.4, -0.2) is 26.7 Å². The van der Waals surface area contributed by atoms with E-state index in [2.05, 4.69) is 4.72 Å². The fraction of sp³-hybridized carbons (Fsp3) is 0.500. The zero-order chi connectivity index (χ0) is 14.5. The molecule has 0 spiro atoms. The molecule has 4 nitrogen and oxygen atoms in total. The lowest BCUT2D eigenvalue weighted by Crippen LogP contribution is -2.25. The quantitative estimate of drug-likeness (QED) is 0.757. The molecule has 0 aliphatic carbocycles. The van der Waals surface area contributed by atoms with Gasteiger partial charge in [-0.25, -0.2) is 13.1 Å². The van der Waals surface area contributed by atoms with Crippen LogP contribution in [0, 0.1) is 5.92 Å². The van der Waals surface area contributed by atoms with E-state index in [0.29, 0.717) is 18.0 Å². The van der Waals surface area contributed by atoms with Crippen molar-refractivity contribution in [1.29, 1.82) is 0 Å². The van der Waals surface area contributed by atoms with Crippen LogP contribution in [0.3, 0.4) is 0 Å². The van der Waals surface area contributed by atoms with E-state index in [4.69, 9.17) is 28.3 Å². The van der Waals surface area contributed by atoms with Gasteiger partial charge in [0.25, 0.3) is 0 Å². The summed E-state index contributed by atoms with van der Waals surface area (Å²) in [6.45, 7) is 2.35. The minimum Gasteiger partial charge on any atom is -0.396 e. The van der Waals surface area contributed by atoms with E-state index in [0.717, 1.165) is 6.42 Å². The Hall–Kier alpha value is -0.330. The van der Waals surface area contributed by atoms with Crippen molar-refractivity contribution < 1.29 is 13.5 Å². The van der Waals surface area contributed by atoms with Gasteiger partial charge in [0, 0.05) is 13.2 Å². The third-order valence-electron chi connectivity index (χ3n) is 2.68. The highest BCUT2D eigenvalue weighted by molar-refractivity contribution is 7.89. The SMILES string of the molecule is CC(CO)CCCNS(=O)(=O)c1ccc(Cl)c(Cl)c1. The molecule has 7 heteroatoms. The molecule has 0 bridgehead atoms. The Bertz CT molecular complexity index is 520. The maximum Gasteiger partial charge on any atom is 0.240 e. The second kappa shape index (κ2) is 7.45. The molecular formula is C12H17Cl2NO3S. The van der Waals surface area contributed by atoms with E-state index in [1.165, 1.54) is 18.2 Å². The summed E-state index contributed by atoms with van der Waals surface area (Å²) >= 11 is 11.5. The van der Waals surface area contributed by atoms with Gasteiger partial charge in [-0.05, 0) is 37.0 Å². The number of rotatable bonds is 7. The second-order valence-electron chi connectivity index (χ2n) is 4.40. The average molecular weight is 326 g/mol. The van der Waals surface area contributed by atoms with Crippen molar-refractivity contribution in [2.24, 2.45) is 5.92 Å². The van der Waals surface area contributed by atoms with Crippen LogP contribution in [0.5, 0.6) is 0 Å². The second-order valence-corrected chi connectivity index (χ2v) is 6.99. The molecule has 1 unspecified atom stereocenters. The van der Waals surface area contributed by atoms with Crippen LogP contribution in [0.15, 0.2) is 23.1 Å². The molecule has 108 valence electrons. The van der Waals surface area contributed by atoms with Crippen LogP contribution in [0.4, 0.5) is 0 Å². The number of hydrogen-bond acceptors (Lipinski definition) is 3. The Morgan fingerprint density at radius 3 is 2.58 bits per heavy atom. The first kappa shape index (κ1) is 16.7. The molecule has 0 radical (unpaired) electrons. The van der Waals surface area contributed by atoms with E-state index in [1.54, 1.807) is 0 Å². The smallest absolute Gasteiger partial charge is 0.240 e. The first-order chi connectivity index (χ1) is 8.86. The van der Waals surface area contributed by atoms with Crippen LogP contribution in [-0.2, 0) is 10.0 Å². The number of nitrogens with one attached hydrogen (secondary N) is 1. The molecule has 0 saturated carbocycles. The van der Waals surface area contributed by atoms with Crippen LogP contribution in [0.25, 0.3) is 0 Å². The van der Waals surface area contributed by atoms with Gasteiger partial charge < -0.3 is 5.11 Å². The maximum atomic E-state index is 11.9. The molecule has 0 heterocycles. The minimum atomic E-state index is -3.56. The molecule has 0 aromatic heterocycles. The molecule has 0 amide bonds. The molecule has 1 atom stereocenters. The van der Waals surface area contributed by atoms with Gasteiger partial charge in [-0.1, -0.05) is 30.1 Å². The van der Waals surface area contributed by atoms with Gasteiger partial charge >= 0.3 is 0 Å². The topological polar surface area (TPSA) is 66.4 Å². The highest BCUT2D eigenvalue weighted by atomic mass is 35.5. The molecule has 0 aliphatic heterocycles. The fourth-order valence-corrected chi connectivity index (χ4v) is 2.94. The van der Waals surface area contributed by atoms with Crippen molar-refractivity contribution in [3.05, 3.63) is 28.2 Å². The summed E-state index contributed by atoms with van der Waals surface area (Å²) in [4.78, 5) is 0.0945. The fourth-order valence-electron chi connectivity index (χ4n) is 1.48. The standard InChI is InChI=1S/C12H17Cl2NO3S/c1-9(8-16)3-2-6-15-19(17,18)10-4-5-11(13)12(14)7-10/h4-5,7,9,15-16H,2-3,6,8H2,1H3. The first-order valence-electron chi connectivity index (χ1n) is 5.92. The van der Waals surface area contributed by atoms with Gasteiger partial charge in [0.2, 0.25) is 10.0 Å². The Labute approximate surface area is 123 Å². The lowest BCUT2D eigenvalue weighted by atomic mass is 10.1. The minimum absolute atomic E-state index is 0.0945. The van der Waals surface area contributed by atoms with E-state index in [-0.39, 0.29) is 22.4 Å². The summed E-state index contributed by atoms with van der Waals surface area (Å²) in [5.74, 6) is 0.175. The number of halogens is 2. The summed E-state index contributed by atoms with van der Waals surface area (Å²) in [7, 11) is -3.56. The number of benzene rings is 1. The molecule has 0 aliphatic rings. The van der Waals surface area contributed by atoms with Gasteiger partial charge in [-0.2, -0.15) is 0 Å². The van der Waals surface area contributed by atoms with E-state index in [1.807, 2.05) is 6.92 Å². The number of sulfonamides is 1. The predicted octanol–water partition coefficient (Wildman–Crippen LogP) is 2.68. The van der Waals surface area contributed by atoms with Gasteiger partial charge in [0.1, 0.15) is 0 Å². The molecule has 2 N–H and O–H groups in total. The summed E-state index contributed by atoms with van der Waals surface area (Å²) in [6.07, 6.45) is 1.43. The molecule has 1 aromatic rings. The Morgan fingerprint density at radius 1 is 1.32 bits per heavy atom. The van der Waals surface area contributed by atoms with E-state index in [9.17, 15) is 8.42 Å². The van der Waals surface area contributed by atoms with Crippen molar-refractivity contribution >= 4 is 33.2 Å². The number of hydrogen-bond donors (Lipinski definition) is 2. The average Bonchev–Trinajstić information content (AvgIpc) is 2.37.